The van der Waals surface area contributed by atoms with Gasteiger partial charge in [-0.15, -0.1) is 0 Å². The van der Waals surface area contributed by atoms with Crippen molar-refractivity contribution in [3.8, 4) is 66.8 Å². The fourth-order valence-electron chi connectivity index (χ4n) is 16.7. The van der Waals surface area contributed by atoms with Crippen molar-refractivity contribution >= 4 is 107 Å². The summed E-state index contributed by atoms with van der Waals surface area (Å²) in [6, 6.07) is 146. The number of benzene rings is 16. The first-order valence-electron chi connectivity index (χ1n) is 36.6. The van der Waals surface area contributed by atoms with E-state index in [1.807, 2.05) is 24.3 Å². The van der Waals surface area contributed by atoms with Crippen LogP contribution in [0.25, 0.3) is 66.8 Å². The zero-order valence-corrected chi connectivity index (χ0v) is 62.0. The van der Waals surface area contributed by atoms with Crippen LogP contribution in [-0.2, 0) is 9.13 Å². The van der Waals surface area contributed by atoms with E-state index in [2.05, 4.69) is 429 Å². The summed E-state index contributed by atoms with van der Waals surface area (Å²) < 4.78 is 54.2. The molecule has 0 N–H and O–H groups in total. The summed E-state index contributed by atoms with van der Waals surface area (Å²) in [4.78, 5) is 0. The van der Waals surface area contributed by atoms with Gasteiger partial charge in [0, 0.05) is 0 Å². The number of nitrogens with zero attached hydrogens (tertiary/aromatic N) is 6. The maximum atomic E-state index is 20.2. The molecule has 8 nitrogen and oxygen atoms in total. The summed E-state index contributed by atoms with van der Waals surface area (Å²) in [5.41, 5.74) is 21.6. The molecule has 0 bridgehead atoms. The molecule has 3 aliphatic rings. The quantitative estimate of drug-likeness (QED) is 0.0942. The SMILES string of the molecule is C[PH]1(c2cc(P3(=O)N(c4ccccc4-c4ccccc4)c4ccccc4N3c3ccccc3-c3ccccc3)cc(P3(=O)N(c4ccccc4-c4ccccc4)c4ccccc4N3c3ccccc3-c3ccccc3)c2)N(c2ccccc2-c2ccccc2)c2ccccc2N1c1ccccc1-c1ccccc1. The third kappa shape index (κ3) is 10.7. The van der Waals surface area contributed by atoms with Gasteiger partial charge in [-0.1, -0.05) is 0 Å². The average Bonchev–Trinajstić information content (AvgIpc) is 1.51. The van der Waals surface area contributed by atoms with Crippen LogP contribution in [0.15, 0.2) is 419 Å². The topological polar surface area (TPSA) is 53.6 Å². The number of rotatable bonds is 15. The Morgan fingerprint density at radius 2 is 0.370 bits per heavy atom. The molecule has 0 amide bonds. The van der Waals surface area contributed by atoms with Crippen molar-refractivity contribution in [2.24, 2.45) is 0 Å². The fourth-order valence-corrected chi connectivity index (χ4v) is 27.5. The van der Waals surface area contributed by atoms with Crippen molar-refractivity contribution < 1.29 is 9.13 Å². The summed E-state index contributed by atoms with van der Waals surface area (Å²) in [5.74, 6) is 0. The molecule has 16 aromatic carbocycles. The molecule has 0 fully saturated rings. The predicted molar refractivity (Wildman–Crippen MR) is 458 cm³/mol. The van der Waals surface area contributed by atoms with Crippen molar-refractivity contribution in [3.63, 3.8) is 0 Å². The molecule has 0 saturated carbocycles. The first kappa shape index (κ1) is 65.9. The molecule has 19 rings (SSSR count). The predicted octanol–water partition coefficient (Wildman–Crippen LogP) is 26.1. The molecule has 16 aromatic rings. The van der Waals surface area contributed by atoms with Crippen molar-refractivity contribution in [1.82, 2.24) is 0 Å². The molecule has 518 valence electrons. The monoisotopic (exact) mass is 1450 g/mol. The number of fused-ring (bicyclic) bond motifs is 3. The molecule has 0 saturated heterocycles. The van der Waals surface area contributed by atoms with Crippen LogP contribution in [0, 0.1) is 0 Å². The van der Waals surface area contributed by atoms with Gasteiger partial charge in [0.05, 0.1) is 0 Å². The van der Waals surface area contributed by atoms with E-state index in [0.717, 1.165) is 140 Å². The molecule has 0 atom stereocenters. The second kappa shape index (κ2) is 27.3. The Labute approximate surface area is 631 Å². The second-order valence-corrected chi connectivity index (χ2v) is 35.9. The molecule has 0 aromatic heterocycles. The number of para-hydroxylation sites is 12. The minimum absolute atomic E-state index is 0.480. The number of hydrogen-bond acceptors (Lipinski definition) is 4. The van der Waals surface area contributed by atoms with Gasteiger partial charge in [0.25, 0.3) is 0 Å². The molecule has 0 spiro atoms. The molecule has 0 unspecified atom stereocenters. The van der Waals surface area contributed by atoms with Crippen LogP contribution in [0.2, 0.25) is 0 Å². The Bertz CT molecular complexity index is 5580. The van der Waals surface area contributed by atoms with Crippen LogP contribution in [0.1, 0.15) is 0 Å². The van der Waals surface area contributed by atoms with E-state index in [1.54, 1.807) is 0 Å². The van der Waals surface area contributed by atoms with Crippen LogP contribution in [0.3, 0.4) is 0 Å². The Kier molecular flexibility index (Phi) is 16.7. The Morgan fingerprint density at radius 1 is 0.194 bits per heavy atom. The molecule has 3 aliphatic heterocycles. The van der Waals surface area contributed by atoms with Gasteiger partial charge in [-0.3, -0.25) is 0 Å². The van der Waals surface area contributed by atoms with Crippen LogP contribution in [0.4, 0.5) is 68.2 Å². The molecular weight excluding hydrogens is 1370 g/mol. The summed E-state index contributed by atoms with van der Waals surface area (Å²) >= 11 is 0. The van der Waals surface area contributed by atoms with Crippen LogP contribution in [0.5, 0.6) is 0 Å². The van der Waals surface area contributed by atoms with E-state index in [1.165, 1.54) is 0 Å². The maximum absolute atomic E-state index is 20.2. The van der Waals surface area contributed by atoms with Crippen molar-refractivity contribution in [1.29, 1.82) is 0 Å². The second-order valence-electron chi connectivity index (χ2n) is 27.5. The van der Waals surface area contributed by atoms with Gasteiger partial charge in [-0.05, 0) is 0 Å². The Hall–Kier alpha value is -12.8. The average molecular weight is 1450 g/mol. The Balaban J connectivity index is 1.01. The first-order valence-corrected chi connectivity index (χ1v) is 42.3. The summed E-state index contributed by atoms with van der Waals surface area (Å²) in [5, 5.41) is 1.82. The van der Waals surface area contributed by atoms with Gasteiger partial charge in [0.15, 0.2) is 0 Å². The van der Waals surface area contributed by atoms with Gasteiger partial charge in [0.1, 0.15) is 0 Å². The van der Waals surface area contributed by atoms with Crippen LogP contribution < -0.4 is 43.9 Å². The zero-order valence-electron chi connectivity index (χ0n) is 59.2. The number of hydrogen-bond donors (Lipinski definition) is 0. The molecule has 108 heavy (non-hydrogen) atoms. The first-order chi connectivity index (χ1) is 53.3. The van der Waals surface area contributed by atoms with E-state index >= 15 is 9.13 Å². The molecular formula is C97H73N6O2P3. The summed E-state index contributed by atoms with van der Waals surface area (Å²) in [7, 11) is -13.2. The Morgan fingerprint density at radius 3 is 0.602 bits per heavy atom. The van der Waals surface area contributed by atoms with E-state index in [4.69, 9.17) is 0 Å². The fraction of sp³-hybridized carbons (Fsp3) is 0.0103. The van der Waals surface area contributed by atoms with Gasteiger partial charge in [0.2, 0.25) is 0 Å². The molecule has 11 heteroatoms. The van der Waals surface area contributed by atoms with Gasteiger partial charge in [-0.25, -0.2) is 0 Å². The minimum atomic E-state index is -4.61. The van der Waals surface area contributed by atoms with Gasteiger partial charge < -0.3 is 0 Å². The third-order valence-corrected chi connectivity index (χ3v) is 31.3. The third-order valence-electron chi connectivity index (χ3n) is 21.4. The van der Waals surface area contributed by atoms with Crippen LogP contribution in [-0.4, -0.2) is 6.66 Å². The van der Waals surface area contributed by atoms with E-state index in [-0.39, 0.29) is 0 Å². The van der Waals surface area contributed by atoms with E-state index < -0.39 is 22.5 Å². The van der Waals surface area contributed by atoms with Gasteiger partial charge in [-0.2, -0.15) is 0 Å². The van der Waals surface area contributed by atoms with Crippen molar-refractivity contribution in [2.45, 2.75) is 0 Å². The summed E-state index contributed by atoms with van der Waals surface area (Å²) in [6.45, 7) is 2.45. The molecule has 0 aliphatic carbocycles. The summed E-state index contributed by atoms with van der Waals surface area (Å²) in [6.07, 6.45) is 0. The molecule has 3 heterocycles. The molecule has 0 radical (unpaired) electrons. The van der Waals surface area contributed by atoms with E-state index in [9.17, 15) is 0 Å². The van der Waals surface area contributed by atoms with Gasteiger partial charge >= 0.3 is 636 Å². The zero-order chi connectivity index (χ0) is 72.3. The van der Waals surface area contributed by atoms with Crippen molar-refractivity contribution in [2.75, 3.05) is 34.7 Å². The number of anilines is 12. The van der Waals surface area contributed by atoms with E-state index in [0.29, 0.717) is 10.6 Å². The van der Waals surface area contributed by atoms with Crippen LogP contribution >= 0.6 is 22.5 Å². The standard InChI is InChI=1S/C97H73N6O2P3/c1-106(98(86-56-26-20-50-80(86)71-38-8-2-9-39-71)92-62-32-33-63-93(92)99(106)87-57-27-21-51-81(87)72-40-10-3-11-41-72)77-68-78(107(104)100(88-58-28-22-52-82(88)73-42-12-4-13-43-73)94-64-34-35-65-95(94)101(107)89-59-29-23-53-83(89)74-44-14-5-15-45-74)70-79(69-77)108(105)102(90-60-30-24-54-84(90)75-46-16-6-17-47-75)96-66-36-37-67-97(96)103(108)91-61-31-25-55-85(91)76-48-18-7-19-49-76/h2-70,106H,1H3. The normalized spacial score (nSPS) is 14.6. The van der Waals surface area contributed by atoms with Crippen molar-refractivity contribution in [3.05, 3.63) is 419 Å².